The molecular formula is C56H39N3. The lowest BCUT2D eigenvalue weighted by atomic mass is 9.67. The van der Waals surface area contributed by atoms with Gasteiger partial charge in [0.15, 0.2) is 5.84 Å². The van der Waals surface area contributed by atoms with E-state index in [2.05, 4.69) is 193 Å². The maximum absolute atomic E-state index is 5.15. The molecule has 1 unspecified atom stereocenters. The monoisotopic (exact) mass is 753 g/mol. The third-order valence-corrected chi connectivity index (χ3v) is 12.0. The zero-order chi connectivity index (χ0) is 39.2. The van der Waals surface area contributed by atoms with Crippen molar-refractivity contribution in [2.24, 2.45) is 9.98 Å². The van der Waals surface area contributed by atoms with E-state index in [4.69, 9.17) is 9.98 Å². The summed E-state index contributed by atoms with van der Waals surface area (Å²) < 4.78 is 0. The van der Waals surface area contributed by atoms with Gasteiger partial charge in [0.05, 0.1) is 5.41 Å². The van der Waals surface area contributed by atoms with Gasteiger partial charge in [-0.15, -0.1) is 0 Å². The number of rotatable bonds is 7. The van der Waals surface area contributed by atoms with Crippen molar-refractivity contribution >= 4 is 22.4 Å². The summed E-state index contributed by atoms with van der Waals surface area (Å²) in [4.78, 5) is 10.1. The van der Waals surface area contributed by atoms with Crippen LogP contribution in [0.25, 0.3) is 44.2 Å². The van der Waals surface area contributed by atoms with E-state index in [0.29, 0.717) is 0 Å². The molecule has 278 valence electrons. The Labute approximate surface area is 344 Å². The summed E-state index contributed by atoms with van der Waals surface area (Å²) in [6, 6.07) is 80.9. The van der Waals surface area contributed by atoms with E-state index < -0.39 is 5.41 Å². The summed E-state index contributed by atoms with van der Waals surface area (Å²) >= 11 is 0. The fraction of sp³-hybridized carbons (Fsp3) is 0.0357. The SMILES string of the molecule is c1ccc(C2=NC(c3ccc(-c4c(-c5ccc6c(c5)C(c5ccccc5)(c5ccccc5)c5ccccc5-6)ccc5ccccc45)cc3)NC(c3ccccc3)=N2)cc1. The van der Waals surface area contributed by atoms with Crippen molar-refractivity contribution in [3.8, 4) is 33.4 Å². The maximum atomic E-state index is 5.15. The van der Waals surface area contributed by atoms with Crippen LogP contribution in [0, 0.1) is 0 Å². The molecule has 0 fully saturated rings. The molecule has 9 aromatic carbocycles. The number of fused-ring (bicyclic) bond motifs is 4. The molecule has 3 nitrogen and oxygen atoms in total. The van der Waals surface area contributed by atoms with Gasteiger partial charge in [0, 0.05) is 11.1 Å². The summed E-state index contributed by atoms with van der Waals surface area (Å²) in [7, 11) is 0. The van der Waals surface area contributed by atoms with Gasteiger partial charge in [-0.25, -0.2) is 9.98 Å². The van der Waals surface area contributed by atoms with E-state index >= 15 is 0 Å². The summed E-state index contributed by atoms with van der Waals surface area (Å²) in [5.74, 6) is 1.53. The summed E-state index contributed by atoms with van der Waals surface area (Å²) in [5.41, 5.74) is 15.1. The molecule has 0 aromatic heterocycles. The van der Waals surface area contributed by atoms with Crippen molar-refractivity contribution in [3.05, 3.63) is 263 Å². The van der Waals surface area contributed by atoms with Crippen LogP contribution in [0.15, 0.2) is 234 Å². The minimum Gasteiger partial charge on any atom is -0.344 e. The Hall–Kier alpha value is -7.62. The van der Waals surface area contributed by atoms with E-state index in [-0.39, 0.29) is 6.17 Å². The van der Waals surface area contributed by atoms with Crippen molar-refractivity contribution < 1.29 is 0 Å². The van der Waals surface area contributed by atoms with Gasteiger partial charge in [0.2, 0.25) is 0 Å². The average Bonchev–Trinajstić information content (AvgIpc) is 3.62. The van der Waals surface area contributed by atoms with Gasteiger partial charge in [-0.3, -0.25) is 0 Å². The van der Waals surface area contributed by atoms with Crippen molar-refractivity contribution in [2.75, 3.05) is 0 Å². The molecule has 0 saturated heterocycles. The van der Waals surface area contributed by atoms with Crippen LogP contribution in [0.5, 0.6) is 0 Å². The van der Waals surface area contributed by atoms with Crippen LogP contribution in [0.1, 0.15) is 45.1 Å². The Balaban J connectivity index is 1.06. The first-order valence-corrected chi connectivity index (χ1v) is 20.3. The van der Waals surface area contributed by atoms with Crippen LogP contribution in [0.2, 0.25) is 0 Å². The highest BCUT2D eigenvalue weighted by molar-refractivity contribution is 6.13. The smallest absolute Gasteiger partial charge is 0.159 e. The Kier molecular flexibility index (Phi) is 8.45. The zero-order valence-electron chi connectivity index (χ0n) is 32.3. The Morgan fingerprint density at radius 3 is 1.68 bits per heavy atom. The molecule has 59 heavy (non-hydrogen) atoms. The van der Waals surface area contributed by atoms with Crippen molar-refractivity contribution in [1.82, 2.24) is 5.32 Å². The predicted molar refractivity (Wildman–Crippen MR) is 244 cm³/mol. The molecule has 0 bridgehead atoms. The first kappa shape index (κ1) is 34.6. The predicted octanol–water partition coefficient (Wildman–Crippen LogP) is 13.0. The van der Waals surface area contributed by atoms with Gasteiger partial charge in [0.25, 0.3) is 0 Å². The average molecular weight is 754 g/mol. The second-order valence-corrected chi connectivity index (χ2v) is 15.3. The van der Waals surface area contributed by atoms with E-state index in [1.807, 2.05) is 36.4 Å². The quantitative estimate of drug-likeness (QED) is 0.173. The van der Waals surface area contributed by atoms with Gasteiger partial charge < -0.3 is 5.32 Å². The molecule has 1 N–H and O–H groups in total. The number of nitrogens with zero attached hydrogens (tertiary/aromatic N) is 2. The lowest BCUT2D eigenvalue weighted by Crippen LogP contribution is -2.33. The molecule has 0 amide bonds. The largest absolute Gasteiger partial charge is 0.344 e. The number of hydrogen-bond acceptors (Lipinski definition) is 3. The van der Waals surface area contributed by atoms with E-state index in [1.54, 1.807) is 0 Å². The molecular weight excluding hydrogens is 715 g/mol. The molecule has 2 aliphatic rings. The van der Waals surface area contributed by atoms with Gasteiger partial charge in [-0.1, -0.05) is 218 Å². The number of hydrogen-bond donors (Lipinski definition) is 1. The molecule has 1 heterocycles. The standard InChI is InChI=1S/C56H39N3/c1-5-18-40(19-6-1)53-57-54(41-20-7-2-8-21-41)59-55(58-53)42-31-29-39(30-32-42)52-46-26-14-13-17-38(46)33-35-47(52)43-34-36-49-48-27-15-16-28-50(48)56(51(49)37-43,44-22-9-3-10-23-44)45-24-11-4-12-25-45/h1-37,55H,(H,57,58,59). The summed E-state index contributed by atoms with van der Waals surface area (Å²) in [6.45, 7) is 0. The fourth-order valence-electron chi connectivity index (χ4n) is 9.35. The number of aliphatic imine (C=N–C) groups is 2. The Bertz CT molecular complexity index is 3000. The van der Waals surface area contributed by atoms with Crippen LogP contribution < -0.4 is 5.32 Å². The van der Waals surface area contributed by atoms with Gasteiger partial charge >= 0.3 is 0 Å². The second-order valence-electron chi connectivity index (χ2n) is 15.3. The molecule has 1 atom stereocenters. The zero-order valence-corrected chi connectivity index (χ0v) is 32.3. The van der Waals surface area contributed by atoms with Crippen LogP contribution in [0.3, 0.4) is 0 Å². The highest BCUT2D eigenvalue weighted by atomic mass is 15.2. The van der Waals surface area contributed by atoms with Gasteiger partial charge in [-0.05, 0) is 78.0 Å². The topological polar surface area (TPSA) is 36.8 Å². The number of nitrogens with one attached hydrogen (secondary N) is 1. The number of amidine groups is 2. The molecule has 0 saturated carbocycles. The lowest BCUT2D eigenvalue weighted by Gasteiger charge is -2.34. The molecule has 11 rings (SSSR count). The van der Waals surface area contributed by atoms with E-state index in [9.17, 15) is 0 Å². The van der Waals surface area contributed by atoms with Crippen LogP contribution in [0.4, 0.5) is 0 Å². The third-order valence-electron chi connectivity index (χ3n) is 12.0. The summed E-state index contributed by atoms with van der Waals surface area (Å²) in [6.07, 6.45) is -0.304. The van der Waals surface area contributed by atoms with Crippen LogP contribution >= 0.6 is 0 Å². The van der Waals surface area contributed by atoms with E-state index in [1.165, 1.54) is 60.8 Å². The van der Waals surface area contributed by atoms with Crippen molar-refractivity contribution in [3.63, 3.8) is 0 Å². The van der Waals surface area contributed by atoms with Crippen LogP contribution in [-0.2, 0) is 5.41 Å². The lowest BCUT2D eigenvalue weighted by molar-refractivity contribution is 0.674. The summed E-state index contributed by atoms with van der Waals surface area (Å²) in [5, 5.41) is 6.07. The van der Waals surface area contributed by atoms with Crippen LogP contribution in [-0.4, -0.2) is 11.7 Å². The minimum absolute atomic E-state index is 0.304. The minimum atomic E-state index is -0.475. The molecule has 9 aromatic rings. The molecule has 1 aliphatic carbocycles. The first-order valence-electron chi connectivity index (χ1n) is 20.3. The van der Waals surface area contributed by atoms with Gasteiger partial charge in [-0.2, -0.15) is 0 Å². The highest BCUT2D eigenvalue weighted by Gasteiger charge is 2.46. The highest BCUT2D eigenvalue weighted by Crippen LogP contribution is 2.57. The fourth-order valence-corrected chi connectivity index (χ4v) is 9.35. The molecule has 0 radical (unpaired) electrons. The van der Waals surface area contributed by atoms with E-state index in [0.717, 1.165) is 33.9 Å². The van der Waals surface area contributed by atoms with Gasteiger partial charge in [0.1, 0.15) is 12.0 Å². The Morgan fingerprint density at radius 1 is 0.407 bits per heavy atom. The normalized spacial score (nSPS) is 15.1. The third kappa shape index (κ3) is 5.82. The maximum Gasteiger partial charge on any atom is 0.159 e. The molecule has 3 heteroatoms. The van der Waals surface area contributed by atoms with Crippen molar-refractivity contribution in [2.45, 2.75) is 11.6 Å². The Morgan fingerprint density at radius 2 is 0.966 bits per heavy atom. The first-order chi connectivity index (χ1) is 29.3. The molecule has 0 spiro atoms. The molecule has 1 aliphatic heterocycles. The number of benzene rings is 9. The van der Waals surface area contributed by atoms with Crippen molar-refractivity contribution in [1.29, 1.82) is 0 Å². The second kappa shape index (κ2) is 14.4.